The molecule has 0 fully saturated rings. The average molecular weight is 200 g/mol. The smallest absolute Gasteiger partial charge is 0.0188 e. The van der Waals surface area contributed by atoms with Gasteiger partial charge in [0.2, 0.25) is 0 Å². The van der Waals surface area contributed by atoms with Crippen molar-refractivity contribution in [3.05, 3.63) is 0 Å². The van der Waals surface area contributed by atoms with Gasteiger partial charge in [-0.25, -0.2) is 0 Å². The summed E-state index contributed by atoms with van der Waals surface area (Å²) in [7, 11) is 0. The Bertz CT molecular complexity index is 131. The van der Waals surface area contributed by atoms with E-state index in [-0.39, 0.29) is 6.04 Å². The lowest BCUT2D eigenvalue weighted by Gasteiger charge is -2.34. The Morgan fingerprint density at radius 3 is 1.79 bits per heavy atom. The molecule has 0 aliphatic heterocycles. The van der Waals surface area contributed by atoms with Crippen molar-refractivity contribution in [2.24, 2.45) is 11.7 Å². The maximum Gasteiger partial charge on any atom is 0.0188 e. The van der Waals surface area contributed by atoms with Gasteiger partial charge in [0.05, 0.1) is 0 Å². The van der Waals surface area contributed by atoms with Gasteiger partial charge in [0, 0.05) is 18.1 Å². The van der Waals surface area contributed by atoms with E-state index in [1.807, 2.05) is 0 Å². The van der Waals surface area contributed by atoms with Crippen molar-refractivity contribution < 1.29 is 0 Å². The summed E-state index contributed by atoms with van der Waals surface area (Å²) in [6.45, 7) is 12.0. The van der Waals surface area contributed by atoms with Gasteiger partial charge in [-0.1, -0.05) is 34.6 Å². The van der Waals surface area contributed by atoms with E-state index in [4.69, 9.17) is 5.73 Å². The molecule has 0 amide bonds. The molecule has 1 atom stereocenters. The highest BCUT2D eigenvalue weighted by atomic mass is 15.0. The molecular formula is C12H28N2. The minimum Gasteiger partial charge on any atom is -0.326 e. The van der Waals surface area contributed by atoms with Crippen molar-refractivity contribution in [3.8, 4) is 0 Å². The van der Waals surface area contributed by atoms with Crippen molar-refractivity contribution in [2.75, 3.05) is 6.54 Å². The number of nitrogens with one attached hydrogen (secondary N) is 1. The van der Waals surface area contributed by atoms with Gasteiger partial charge in [-0.3, -0.25) is 0 Å². The van der Waals surface area contributed by atoms with Gasteiger partial charge in [-0.15, -0.1) is 0 Å². The van der Waals surface area contributed by atoms with Crippen molar-refractivity contribution in [3.63, 3.8) is 0 Å². The molecule has 1 unspecified atom stereocenters. The van der Waals surface area contributed by atoms with E-state index in [0.717, 1.165) is 6.54 Å². The number of hydrogen-bond acceptors (Lipinski definition) is 2. The average Bonchev–Trinajstić information content (AvgIpc) is 2.20. The predicted octanol–water partition coefficient (Wildman–Crippen LogP) is 2.53. The van der Waals surface area contributed by atoms with Crippen LogP contribution in [-0.2, 0) is 0 Å². The summed E-state index contributed by atoms with van der Waals surface area (Å²) in [5.74, 6) is 0.561. The molecule has 0 aromatic heterocycles. The van der Waals surface area contributed by atoms with Gasteiger partial charge < -0.3 is 11.1 Å². The minimum atomic E-state index is 0.277. The lowest BCUT2D eigenvalue weighted by Crippen LogP contribution is -2.50. The van der Waals surface area contributed by atoms with Gasteiger partial charge in [-0.05, 0) is 25.2 Å². The summed E-state index contributed by atoms with van der Waals surface area (Å²) < 4.78 is 0. The van der Waals surface area contributed by atoms with E-state index in [9.17, 15) is 0 Å². The highest BCUT2D eigenvalue weighted by Gasteiger charge is 2.23. The van der Waals surface area contributed by atoms with Crippen LogP contribution in [0.4, 0.5) is 0 Å². The SMILES string of the molecule is CCC(CC)(CC)NCC(N)C(C)C. The largest absolute Gasteiger partial charge is 0.326 e. The summed E-state index contributed by atoms with van der Waals surface area (Å²) in [4.78, 5) is 0. The fourth-order valence-electron chi connectivity index (χ4n) is 1.70. The van der Waals surface area contributed by atoms with Gasteiger partial charge in [0.25, 0.3) is 0 Å². The molecule has 0 heterocycles. The third-order valence-corrected chi connectivity index (χ3v) is 3.60. The van der Waals surface area contributed by atoms with E-state index in [2.05, 4.69) is 39.9 Å². The molecule has 0 aromatic carbocycles. The molecule has 0 aliphatic carbocycles. The summed E-state index contributed by atoms with van der Waals surface area (Å²) >= 11 is 0. The van der Waals surface area contributed by atoms with E-state index in [1.54, 1.807) is 0 Å². The van der Waals surface area contributed by atoms with Gasteiger partial charge in [0.15, 0.2) is 0 Å². The third-order valence-electron chi connectivity index (χ3n) is 3.60. The highest BCUT2D eigenvalue weighted by Crippen LogP contribution is 2.19. The Morgan fingerprint density at radius 2 is 1.50 bits per heavy atom. The fraction of sp³-hybridized carbons (Fsp3) is 1.00. The van der Waals surface area contributed by atoms with Crippen molar-refractivity contribution in [1.29, 1.82) is 0 Å². The Hall–Kier alpha value is -0.0800. The van der Waals surface area contributed by atoms with Gasteiger partial charge in [0.1, 0.15) is 0 Å². The zero-order valence-electron chi connectivity index (χ0n) is 10.6. The molecule has 0 aromatic rings. The fourth-order valence-corrected chi connectivity index (χ4v) is 1.70. The molecule has 0 spiro atoms. The number of hydrogen-bond donors (Lipinski definition) is 2. The molecule has 2 nitrogen and oxygen atoms in total. The molecule has 0 saturated heterocycles. The second-order valence-corrected chi connectivity index (χ2v) is 4.63. The normalized spacial score (nSPS) is 14.8. The molecule has 14 heavy (non-hydrogen) atoms. The first-order chi connectivity index (χ1) is 6.51. The van der Waals surface area contributed by atoms with E-state index in [1.165, 1.54) is 19.3 Å². The Kier molecular flexibility index (Phi) is 6.38. The van der Waals surface area contributed by atoms with Crippen LogP contribution in [-0.4, -0.2) is 18.1 Å². The van der Waals surface area contributed by atoms with Gasteiger partial charge >= 0.3 is 0 Å². The summed E-state index contributed by atoms with van der Waals surface area (Å²) in [6, 6.07) is 0.277. The Labute approximate surface area is 89.6 Å². The number of nitrogens with two attached hydrogens (primary N) is 1. The first-order valence-corrected chi connectivity index (χ1v) is 6.02. The first kappa shape index (κ1) is 13.9. The molecule has 0 radical (unpaired) electrons. The molecule has 3 N–H and O–H groups in total. The van der Waals surface area contributed by atoms with Crippen LogP contribution in [0, 0.1) is 5.92 Å². The zero-order valence-corrected chi connectivity index (χ0v) is 10.6. The van der Waals surface area contributed by atoms with E-state index < -0.39 is 0 Å². The second-order valence-electron chi connectivity index (χ2n) is 4.63. The maximum absolute atomic E-state index is 6.03. The topological polar surface area (TPSA) is 38.0 Å². The van der Waals surface area contributed by atoms with Crippen LogP contribution < -0.4 is 11.1 Å². The second kappa shape index (κ2) is 6.41. The van der Waals surface area contributed by atoms with Gasteiger partial charge in [-0.2, -0.15) is 0 Å². The summed E-state index contributed by atoms with van der Waals surface area (Å²) in [5.41, 5.74) is 6.34. The standard InChI is InChI=1S/C12H28N2/c1-6-12(7-2,8-3)14-9-11(13)10(4)5/h10-11,14H,6-9,13H2,1-5H3. The molecule has 0 aliphatic rings. The molecule has 0 rings (SSSR count). The lowest BCUT2D eigenvalue weighted by atomic mass is 9.89. The summed E-state index contributed by atoms with van der Waals surface area (Å²) in [6.07, 6.45) is 3.56. The predicted molar refractivity (Wildman–Crippen MR) is 64.4 cm³/mol. The Morgan fingerprint density at radius 1 is 1.07 bits per heavy atom. The summed E-state index contributed by atoms with van der Waals surface area (Å²) in [5, 5.41) is 3.64. The Balaban J connectivity index is 4.05. The highest BCUT2D eigenvalue weighted by molar-refractivity contribution is 4.85. The lowest BCUT2D eigenvalue weighted by molar-refractivity contribution is 0.273. The molecular weight excluding hydrogens is 172 g/mol. The molecule has 0 saturated carbocycles. The van der Waals surface area contributed by atoms with Crippen LogP contribution >= 0.6 is 0 Å². The quantitative estimate of drug-likeness (QED) is 0.663. The van der Waals surface area contributed by atoms with Crippen molar-refractivity contribution >= 4 is 0 Å². The minimum absolute atomic E-state index is 0.277. The first-order valence-electron chi connectivity index (χ1n) is 6.02. The number of rotatable bonds is 7. The molecule has 2 heteroatoms. The van der Waals surface area contributed by atoms with Crippen LogP contribution in [0.1, 0.15) is 53.9 Å². The molecule has 0 bridgehead atoms. The monoisotopic (exact) mass is 200 g/mol. The third kappa shape index (κ3) is 3.97. The maximum atomic E-state index is 6.03. The zero-order chi connectivity index (χ0) is 11.2. The van der Waals surface area contributed by atoms with Crippen molar-refractivity contribution in [2.45, 2.75) is 65.5 Å². The van der Waals surface area contributed by atoms with E-state index in [0.29, 0.717) is 11.5 Å². The van der Waals surface area contributed by atoms with E-state index >= 15 is 0 Å². The van der Waals surface area contributed by atoms with Crippen molar-refractivity contribution in [1.82, 2.24) is 5.32 Å². The van der Waals surface area contributed by atoms with Crippen LogP contribution in [0.25, 0.3) is 0 Å². The molecule has 86 valence electrons. The van der Waals surface area contributed by atoms with Crippen LogP contribution in [0.2, 0.25) is 0 Å². The van der Waals surface area contributed by atoms with Crippen LogP contribution in [0.5, 0.6) is 0 Å². The van der Waals surface area contributed by atoms with Crippen LogP contribution in [0.3, 0.4) is 0 Å². The van der Waals surface area contributed by atoms with Crippen LogP contribution in [0.15, 0.2) is 0 Å².